The van der Waals surface area contributed by atoms with Crippen molar-refractivity contribution in [1.29, 1.82) is 0 Å². The van der Waals surface area contributed by atoms with Gasteiger partial charge in [0.05, 0.1) is 44.8 Å². The molecule has 0 amide bonds. The highest BCUT2D eigenvalue weighted by Crippen LogP contribution is 2.60. The molecule has 0 unspecified atom stereocenters. The summed E-state index contributed by atoms with van der Waals surface area (Å²) in [5.41, 5.74) is 9.65. The molecule has 220 valence electrons. The van der Waals surface area contributed by atoms with Gasteiger partial charge in [-0.25, -0.2) is 0 Å². The number of benzene rings is 7. The van der Waals surface area contributed by atoms with Gasteiger partial charge in [-0.15, -0.1) is 0 Å². The Hall–Kier alpha value is -6.46. The van der Waals surface area contributed by atoms with Crippen LogP contribution >= 0.6 is 0 Å². The van der Waals surface area contributed by atoms with Crippen LogP contribution in [0.25, 0.3) is 55.0 Å². The van der Waals surface area contributed by atoms with Crippen LogP contribution in [0.2, 0.25) is 0 Å². The van der Waals surface area contributed by atoms with Crippen LogP contribution in [0.5, 0.6) is 23.0 Å². The lowest BCUT2D eigenvalue weighted by atomic mass is 10.1. The zero-order valence-electron chi connectivity index (χ0n) is 25.1. The summed E-state index contributed by atoms with van der Waals surface area (Å²) in [6.07, 6.45) is 0. The molecule has 0 N–H and O–H groups in total. The lowest BCUT2D eigenvalue weighted by Crippen LogP contribution is -2.20. The highest BCUT2D eigenvalue weighted by molar-refractivity contribution is 6.10. The minimum absolute atomic E-state index is 0.770. The Morgan fingerprint density at radius 3 is 1.13 bits per heavy atom. The molecule has 4 heterocycles. The molecule has 2 aliphatic rings. The largest absolute Gasteiger partial charge is 0.453 e. The molecule has 47 heavy (non-hydrogen) atoms. The number of para-hydroxylation sites is 5. The summed E-state index contributed by atoms with van der Waals surface area (Å²) < 4.78 is 17.9. The van der Waals surface area contributed by atoms with Crippen molar-refractivity contribution in [1.82, 2.24) is 9.13 Å². The Labute approximate surface area is 269 Å². The Morgan fingerprint density at radius 2 is 0.723 bits per heavy atom. The van der Waals surface area contributed by atoms with E-state index in [2.05, 4.69) is 147 Å². The summed E-state index contributed by atoms with van der Waals surface area (Å²) in [6.45, 7) is 0. The SMILES string of the molecule is c1cc2c3c(c1)Oc1cc(-n4c5ccccc5c5ccccc54)ccc1N3c1ccc(-n3c4ccccc4c4ccccc43)cc1O2. The zero-order chi connectivity index (χ0) is 30.6. The second kappa shape index (κ2) is 9.05. The van der Waals surface area contributed by atoms with Gasteiger partial charge in [-0.3, -0.25) is 4.90 Å². The minimum Gasteiger partial charge on any atom is -0.453 e. The van der Waals surface area contributed by atoms with Crippen LogP contribution in [0.1, 0.15) is 0 Å². The summed E-state index contributed by atoms with van der Waals surface area (Å²) >= 11 is 0. The van der Waals surface area contributed by atoms with Gasteiger partial charge in [0, 0.05) is 33.7 Å². The van der Waals surface area contributed by atoms with E-state index in [-0.39, 0.29) is 0 Å². The van der Waals surface area contributed by atoms with Gasteiger partial charge >= 0.3 is 0 Å². The number of anilines is 3. The summed E-state index contributed by atoms with van der Waals surface area (Å²) in [5, 5.41) is 4.94. The van der Waals surface area contributed by atoms with Gasteiger partial charge in [-0.1, -0.05) is 78.9 Å². The summed E-state index contributed by atoms with van der Waals surface area (Å²) in [6, 6.07) is 53.4. The lowest BCUT2D eigenvalue weighted by molar-refractivity contribution is 0.446. The van der Waals surface area contributed by atoms with Gasteiger partial charge in [0.2, 0.25) is 0 Å². The van der Waals surface area contributed by atoms with Crippen LogP contribution in [-0.4, -0.2) is 9.13 Å². The number of hydrogen-bond acceptors (Lipinski definition) is 3. The highest BCUT2D eigenvalue weighted by atomic mass is 16.5. The molecular weight excluding hydrogens is 578 g/mol. The standard InChI is InChI=1S/C42H25N3O2/c1-5-14-32-28(10-1)29-11-2-6-15-33(29)43(32)26-20-22-36-40(24-26)46-38-18-9-19-39-42(38)45(36)37-23-21-27(25-41(37)47-39)44-34-16-7-3-12-30(34)31-13-4-8-17-35(31)44/h1-25H. The van der Waals surface area contributed by atoms with Crippen molar-refractivity contribution in [3.63, 3.8) is 0 Å². The number of nitrogens with zero attached hydrogens (tertiary/aromatic N) is 3. The van der Waals surface area contributed by atoms with Crippen molar-refractivity contribution < 1.29 is 9.47 Å². The van der Waals surface area contributed by atoms with Crippen molar-refractivity contribution >= 4 is 60.7 Å². The van der Waals surface area contributed by atoms with Gasteiger partial charge < -0.3 is 18.6 Å². The fraction of sp³-hybridized carbons (Fsp3) is 0. The first-order valence-electron chi connectivity index (χ1n) is 15.9. The third-order valence-electron chi connectivity index (χ3n) is 9.67. The van der Waals surface area contributed by atoms with Crippen LogP contribution in [0.15, 0.2) is 152 Å². The third-order valence-corrected chi connectivity index (χ3v) is 9.67. The van der Waals surface area contributed by atoms with Gasteiger partial charge in [0.25, 0.3) is 0 Å². The topological polar surface area (TPSA) is 31.6 Å². The maximum Gasteiger partial charge on any atom is 0.155 e. The van der Waals surface area contributed by atoms with E-state index in [9.17, 15) is 0 Å². The minimum atomic E-state index is 0.770. The van der Waals surface area contributed by atoms with Gasteiger partial charge in [0.15, 0.2) is 23.0 Å². The van der Waals surface area contributed by atoms with E-state index in [0.29, 0.717) is 0 Å². The van der Waals surface area contributed by atoms with Crippen molar-refractivity contribution in [2.45, 2.75) is 0 Å². The average Bonchev–Trinajstić information content (AvgIpc) is 3.64. The Morgan fingerprint density at radius 1 is 0.340 bits per heavy atom. The number of rotatable bonds is 2. The summed E-state index contributed by atoms with van der Waals surface area (Å²) in [7, 11) is 0. The molecular formula is C42H25N3O2. The first kappa shape index (κ1) is 24.8. The van der Waals surface area contributed by atoms with E-state index in [0.717, 1.165) is 51.4 Å². The number of ether oxygens (including phenoxy) is 2. The van der Waals surface area contributed by atoms with E-state index in [1.807, 2.05) is 18.2 Å². The predicted molar refractivity (Wildman–Crippen MR) is 190 cm³/mol. The zero-order valence-corrected chi connectivity index (χ0v) is 25.1. The molecule has 0 spiro atoms. The first-order chi connectivity index (χ1) is 23.3. The van der Waals surface area contributed by atoms with Crippen molar-refractivity contribution in [2.75, 3.05) is 4.90 Å². The molecule has 5 heteroatoms. The van der Waals surface area contributed by atoms with Crippen LogP contribution < -0.4 is 14.4 Å². The smallest absolute Gasteiger partial charge is 0.155 e. The Balaban J connectivity index is 1.10. The second-order valence-electron chi connectivity index (χ2n) is 12.2. The second-order valence-corrected chi connectivity index (χ2v) is 12.2. The van der Waals surface area contributed by atoms with Crippen LogP contribution in [0.3, 0.4) is 0 Å². The normalized spacial score (nSPS) is 13.0. The number of fused-ring (bicyclic) bond motifs is 10. The van der Waals surface area contributed by atoms with Gasteiger partial charge in [-0.05, 0) is 60.7 Å². The predicted octanol–water partition coefficient (Wildman–Crippen LogP) is 11.6. The molecule has 0 saturated carbocycles. The van der Waals surface area contributed by atoms with E-state index in [4.69, 9.17) is 9.47 Å². The quantitative estimate of drug-likeness (QED) is 0.197. The monoisotopic (exact) mass is 603 g/mol. The lowest BCUT2D eigenvalue weighted by Gasteiger charge is -2.38. The molecule has 5 nitrogen and oxygen atoms in total. The Kier molecular flexibility index (Phi) is 4.78. The van der Waals surface area contributed by atoms with Crippen LogP contribution in [-0.2, 0) is 0 Å². The average molecular weight is 604 g/mol. The molecule has 0 bridgehead atoms. The fourth-order valence-corrected chi connectivity index (χ4v) is 7.71. The van der Waals surface area contributed by atoms with Gasteiger partial charge in [-0.2, -0.15) is 0 Å². The van der Waals surface area contributed by atoms with E-state index in [1.165, 1.54) is 43.6 Å². The molecule has 11 rings (SSSR count). The molecule has 9 aromatic rings. The molecule has 0 fully saturated rings. The van der Waals surface area contributed by atoms with Crippen LogP contribution in [0, 0.1) is 0 Å². The van der Waals surface area contributed by atoms with Crippen molar-refractivity contribution in [3.05, 3.63) is 152 Å². The van der Waals surface area contributed by atoms with E-state index >= 15 is 0 Å². The molecule has 2 aromatic heterocycles. The summed E-state index contributed by atoms with van der Waals surface area (Å²) in [4.78, 5) is 2.29. The number of hydrogen-bond donors (Lipinski definition) is 0. The highest BCUT2D eigenvalue weighted by Gasteiger charge is 2.35. The molecule has 0 saturated heterocycles. The molecule has 0 atom stereocenters. The maximum atomic E-state index is 6.64. The van der Waals surface area contributed by atoms with Gasteiger partial charge in [0.1, 0.15) is 5.69 Å². The van der Waals surface area contributed by atoms with E-state index < -0.39 is 0 Å². The third kappa shape index (κ3) is 3.32. The van der Waals surface area contributed by atoms with Crippen molar-refractivity contribution in [2.24, 2.45) is 0 Å². The fourth-order valence-electron chi connectivity index (χ4n) is 7.71. The van der Waals surface area contributed by atoms with Crippen LogP contribution in [0.4, 0.5) is 17.1 Å². The summed E-state index contributed by atoms with van der Waals surface area (Å²) in [5.74, 6) is 3.14. The molecule has 0 radical (unpaired) electrons. The number of aromatic nitrogens is 2. The molecule has 0 aliphatic carbocycles. The maximum absolute atomic E-state index is 6.64. The Bertz CT molecular complexity index is 2480. The molecule has 2 aliphatic heterocycles. The van der Waals surface area contributed by atoms with Crippen molar-refractivity contribution in [3.8, 4) is 34.4 Å². The first-order valence-corrected chi connectivity index (χ1v) is 15.9. The van der Waals surface area contributed by atoms with E-state index in [1.54, 1.807) is 0 Å². The molecule has 7 aromatic carbocycles.